The van der Waals surface area contributed by atoms with Crippen molar-refractivity contribution in [1.29, 1.82) is 5.26 Å². The molecule has 90 valence electrons. The standard InChI is InChI=1S/C10H9F2N3O2/c1-2-17-10(16)8-7(9(11)12)6(14)3-5(4-13)15-8/h3,9H,2H2,1H3,(H2,14,15). The minimum atomic E-state index is -2.96. The van der Waals surface area contributed by atoms with Crippen LogP contribution in [0.15, 0.2) is 6.07 Å². The molecule has 5 nitrogen and oxygen atoms in total. The number of anilines is 1. The molecule has 2 N–H and O–H groups in total. The Balaban J connectivity index is 3.38. The number of esters is 1. The summed E-state index contributed by atoms with van der Waals surface area (Å²) in [6.07, 6.45) is -2.96. The van der Waals surface area contributed by atoms with Crippen LogP contribution in [0.2, 0.25) is 0 Å². The van der Waals surface area contributed by atoms with Crippen LogP contribution in [-0.2, 0) is 4.74 Å². The van der Waals surface area contributed by atoms with Crippen LogP contribution in [0.4, 0.5) is 14.5 Å². The first-order valence-electron chi connectivity index (χ1n) is 4.67. The fourth-order valence-electron chi connectivity index (χ4n) is 1.22. The fourth-order valence-corrected chi connectivity index (χ4v) is 1.22. The first-order valence-corrected chi connectivity index (χ1v) is 4.67. The number of rotatable bonds is 3. The summed E-state index contributed by atoms with van der Waals surface area (Å²) in [5.41, 5.74) is 3.47. The van der Waals surface area contributed by atoms with Gasteiger partial charge in [0.05, 0.1) is 12.2 Å². The number of nitriles is 1. The number of nitrogen functional groups attached to an aromatic ring is 1. The van der Waals surface area contributed by atoms with Gasteiger partial charge in [-0.2, -0.15) is 5.26 Å². The number of halogens is 2. The normalized spacial score (nSPS) is 10.1. The molecule has 0 aliphatic heterocycles. The van der Waals surface area contributed by atoms with E-state index in [0.717, 1.165) is 6.07 Å². The Morgan fingerprint density at radius 2 is 2.35 bits per heavy atom. The largest absolute Gasteiger partial charge is 0.461 e. The SMILES string of the molecule is CCOC(=O)c1nc(C#N)cc(N)c1C(F)F. The van der Waals surface area contributed by atoms with Crippen molar-refractivity contribution >= 4 is 11.7 Å². The highest BCUT2D eigenvalue weighted by atomic mass is 19.3. The second kappa shape index (κ2) is 5.21. The van der Waals surface area contributed by atoms with Crippen LogP contribution in [0.5, 0.6) is 0 Å². The molecular weight excluding hydrogens is 232 g/mol. The van der Waals surface area contributed by atoms with Gasteiger partial charge in [-0.15, -0.1) is 0 Å². The number of hydrogen-bond acceptors (Lipinski definition) is 5. The van der Waals surface area contributed by atoms with E-state index in [9.17, 15) is 13.6 Å². The minimum absolute atomic E-state index is 0.0138. The average molecular weight is 241 g/mol. The van der Waals surface area contributed by atoms with E-state index in [0.29, 0.717) is 0 Å². The number of ether oxygens (including phenoxy) is 1. The Morgan fingerprint density at radius 3 is 2.82 bits per heavy atom. The minimum Gasteiger partial charge on any atom is -0.461 e. The maximum atomic E-state index is 12.7. The Hall–Kier alpha value is -2.23. The van der Waals surface area contributed by atoms with Gasteiger partial charge in [0, 0.05) is 5.69 Å². The van der Waals surface area contributed by atoms with Gasteiger partial charge < -0.3 is 10.5 Å². The third-order valence-corrected chi connectivity index (χ3v) is 1.89. The predicted octanol–water partition coefficient (Wildman–Crippen LogP) is 1.65. The summed E-state index contributed by atoms with van der Waals surface area (Å²) in [6.45, 7) is 1.54. The van der Waals surface area contributed by atoms with E-state index in [-0.39, 0.29) is 18.0 Å². The number of carbonyl (C=O) groups is 1. The van der Waals surface area contributed by atoms with Crippen LogP contribution in [0.1, 0.15) is 35.1 Å². The summed E-state index contributed by atoms with van der Waals surface area (Å²) in [5, 5.41) is 8.62. The molecule has 1 aromatic heterocycles. The van der Waals surface area contributed by atoms with E-state index >= 15 is 0 Å². The van der Waals surface area contributed by atoms with Crippen molar-refractivity contribution in [1.82, 2.24) is 4.98 Å². The Labute approximate surface area is 95.8 Å². The molecule has 0 bridgehead atoms. The van der Waals surface area contributed by atoms with E-state index in [2.05, 4.69) is 9.72 Å². The van der Waals surface area contributed by atoms with Gasteiger partial charge >= 0.3 is 5.97 Å². The maximum Gasteiger partial charge on any atom is 0.357 e. The number of carbonyl (C=O) groups excluding carboxylic acids is 1. The summed E-state index contributed by atoms with van der Waals surface area (Å²) >= 11 is 0. The Bertz CT molecular complexity index is 483. The lowest BCUT2D eigenvalue weighted by molar-refractivity contribution is 0.0508. The Morgan fingerprint density at radius 1 is 1.71 bits per heavy atom. The predicted molar refractivity (Wildman–Crippen MR) is 54.3 cm³/mol. The number of nitrogens with two attached hydrogens (primary N) is 1. The molecular formula is C10H9F2N3O2. The first kappa shape index (κ1) is 12.8. The zero-order chi connectivity index (χ0) is 13.0. The average Bonchev–Trinajstić information content (AvgIpc) is 2.27. The van der Waals surface area contributed by atoms with Gasteiger partial charge in [0.1, 0.15) is 11.8 Å². The first-order chi connectivity index (χ1) is 8.01. The lowest BCUT2D eigenvalue weighted by Crippen LogP contribution is -2.14. The summed E-state index contributed by atoms with van der Waals surface area (Å²) in [6, 6.07) is 2.62. The molecule has 0 atom stereocenters. The van der Waals surface area contributed by atoms with Crippen molar-refractivity contribution in [2.24, 2.45) is 0 Å². The van der Waals surface area contributed by atoms with Gasteiger partial charge in [0.25, 0.3) is 6.43 Å². The van der Waals surface area contributed by atoms with Crippen LogP contribution in [0, 0.1) is 11.3 Å². The summed E-state index contributed by atoms with van der Waals surface area (Å²) < 4.78 is 30.0. The third kappa shape index (κ3) is 2.66. The smallest absolute Gasteiger partial charge is 0.357 e. The quantitative estimate of drug-likeness (QED) is 0.812. The molecule has 1 aromatic rings. The third-order valence-electron chi connectivity index (χ3n) is 1.89. The van der Waals surface area contributed by atoms with E-state index in [1.54, 1.807) is 6.07 Å². The van der Waals surface area contributed by atoms with Crippen molar-refractivity contribution in [3.8, 4) is 6.07 Å². The van der Waals surface area contributed by atoms with Crippen molar-refractivity contribution in [3.63, 3.8) is 0 Å². The van der Waals surface area contributed by atoms with Crippen LogP contribution < -0.4 is 5.73 Å². The highest BCUT2D eigenvalue weighted by Gasteiger charge is 2.25. The van der Waals surface area contributed by atoms with Crippen LogP contribution >= 0.6 is 0 Å². The second-order valence-corrected chi connectivity index (χ2v) is 2.99. The van der Waals surface area contributed by atoms with Crippen molar-refractivity contribution in [3.05, 3.63) is 23.0 Å². The van der Waals surface area contributed by atoms with E-state index in [1.807, 2.05) is 0 Å². The van der Waals surface area contributed by atoms with Crippen LogP contribution in [0.25, 0.3) is 0 Å². The van der Waals surface area contributed by atoms with Crippen molar-refractivity contribution < 1.29 is 18.3 Å². The Kier molecular flexibility index (Phi) is 3.93. The molecule has 1 heterocycles. The fraction of sp³-hybridized carbons (Fsp3) is 0.300. The highest BCUT2D eigenvalue weighted by molar-refractivity contribution is 5.91. The summed E-state index contributed by atoms with van der Waals surface area (Å²) in [7, 11) is 0. The molecule has 0 amide bonds. The van der Waals surface area contributed by atoms with Crippen LogP contribution in [0.3, 0.4) is 0 Å². The molecule has 0 spiro atoms. The summed E-state index contributed by atoms with van der Waals surface area (Å²) in [5.74, 6) is -1.02. The lowest BCUT2D eigenvalue weighted by Gasteiger charge is -2.10. The topological polar surface area (TPSA) is 89.0 Å². The lowest BCUT2D eigenvalue weighted by atomic mass is 10.1. The highest BCUT2D eigenvalue weighted by Crippen LogP contribution is 2.28. The number of pyridine rings is 1. The van der Waals surface area contributed by atoms with Crippen LogP contribution in [-0.4, -0.2) is 17.6 Å². The summed E-state index contributed by atoms with van der Waals surface area (Å²) in [4.78, 5) is 14.9. The molecule has 0 aliphatic rings. The molecule has 17 heavy (non-hydrogen) atoms. The maximum absolute atomic E-state index is 12.7. The number of alkyl halides is 2. The van der Waals surface area contributed by atoms with Crippen molar-refractivity contribution in [2.75, 3.05) is 12.3 Å². The molecule has 0 fully saturated rings. The molecule has 7 heteroatoms. The number of aromatic nitrogens is 1. The number of nitrogens with zero attached hydrogens (tertiary/aromatic N) is 2. The van der Waals surface area contributed by atoms with Gasteiger partial charge in [-0.3, -0.25) is 0 Å². The molecule has 0 aliphatic carbocycles. The van der Waals surface area contributed by atoms with Gasteiger partial charge in [-0.25, -0.2) is 18.6 Å². The zero-order valence-corrected chi connectivity index (χ0v) is 8.91. The zero-order valence-electron chi connectivity index (χ0n) is 8.91. The van der Waals surface area contributed by atoms with Gasteiger partial charge in [-0.1, -0.05) is 0 Å². The van der Waals surface area contributed by atoms with Gasteiger partial charge in [0.2, 0.25) is 0 Å². The molecule has 0 saturated carbocycles. The van der Waals surface area contributed by atoms with E-state index in [1.165, 1.54) is 6.92 Å². The van der Waals surface area contributed by atoms with E-state index in [4.69, 9.17) is 11.0 Å². The van der Waals surface area contributed by atoms with Gasteiger partial charge in [0.15, 0.2) is 5.69 Å². The van der Waals surface area contributed by atoms with Crippen molar-refractivity contribution in [2.45, 2.75) is 13.3 Å². The number of hydrogen-bond donors (Lipinski definition) is 1. The van der Waals surface area contributed by atoms with E-state index < -0.39 is 23.7 Å². The molecule has 0 saturated heterocycles. The molecule has 0 unspecified atom stereocenters. The monoisotopic (exact) mass is 241 g/mol. The second-order valence-electron chi connectivity index (χ2n) is 2.99. The van der Waals surface area contributed by atoms with Gasteiger partial charge in [-0.05, 0) is 13.0 Å². The molecule has 0 radical (unpaired) electrons. The molecule has 1 rings (SSSR count). The molecule has 0 aromatic carbocycles.